The summed E-state index contributed by atoms with van der Waals surface area (Å²) in [5.74, 6) is -0.782. The van der Waals surface area contributed by atoms with Crippen LogP contribution < -0.4 is 0 Å². The normalized spacial score (nSPS) is 24.8. The molecule has 1 aliphatic carbocycles. The van der Waals surface area contributed by atoms with Crippen molar-refractivity contribution in [3.05, 3.63) is 47.4 Å². The average Bonchev–Trinajstić information content (AvgIpc) is 2.94. The maximum absolute atomic E-state index is 12.8. The van der Waals surface area contributed by atoms with Crippen molar-refractivity contribution in [3.63, 3.8) is 0 Å². The van der Waals surface area contributed by atoms with E-state index < -0.39 is 29.7 Å². The van der Waals surface area contributed by atoms with Crippen LogP contribution in [0.2, 0.25) is 0 Å². The summed E-state index contributed by atoms with van der Waals surface area (Å²) < 4.78 is 23.1. The summed E-state index contributed by atoms with van der Waals surface area (Å²) in [7, 11) is -0.429. The molecule has 0 amide bonds. The first-order valence-electron chi connectivity index (χ1n) is 10.5. The Balaban J connectivity index is 1.73. The van der Waals surface area contributed by atoms with Gasteiger partial charge in [0, 0.05) is 0 Å². The molecule has 1 fully saturated rings. The summed E-state index contributed by atoms with van der Waals surface area (Å²) in [6.45, 7) is 10.1. The molecule has 1 atom stereocenters. The van der Waals surface area contributed by atoms with E-state index in [4.69, 9.17) is 18.8 Å². The number of rotatable bonds is 6. The van der Waals surface area contributed by atoms with Gasteiger partial charge >= 0.3 is 19.1 Å². The highest BCUT2D eigenvalue weighted by Gasteiger charge is 2.53. The summed E-state index contributed by atoms with van der Waals surface area (Å²) in [5, 5.41) is 0. The van der Waals surface area contributed by atoms with Gasteiger partial charge in [0.1, 0.15) is 12.0 Å². The monoisotopic (exact) mass is 414 g/mol. The number of carbonyl (C=O) groups is 2. The van der Waals surface area contributed by atoms with Gasteiger partial charge in [-0.05, 0) is 71.5 Å². The van der Waals surface area contributed by atoms with Crippen molar-refractivity contribution in [2.24, 2.45) is 5.41 Å². The van der Waals surface area contributed by atoms with Crippen LogP contribution >= 0.6 is 0 Å². The number of carbonyl (C=O) groups excluding carboxylic acids is 2. The molecule has 162 valence electrons. The van der Waals surface area contributed by atoms with Gasteiger partial charge in [0.05, 0.1) is 23.4 Å². The third-order valence-electron chi connectivity index (χ3n) is 6.40. The Labute approximate surface area is 179 Å². The third kappa shape index (κ3) is 4.47. The molecule has 30 heavy (non-hydrogen) atoms. The van der Waals surface area contributed by atoms with Crippen LogP contribution in [-0.4, -0.2) is 43.5 Å². The number of benzene rings is 1. The predicted molar refractivity (Wildman–Crippen MR) is 114 cm³/mol. The van der Waals surface area contributed by atoms with E-state index in [2.05, 4.69) is 0 Å². The van der Waals surface area contributed by atoms with E-state index in [1.165, 1.54) is 0 Å². The fourth-order valence-electron chi connectivity index (χ4n) is 3.64. The molecule has 0 N–H and O–H groups in total. The standard InChI is InChI=1S/C23H31BO6/c1-6-27-20(26)23(16-28-19(25)17-10-8-7-9-11-17)14-12-18(13-15-23)24-29-21(2,3)22(4,5)30-24/h7-12H,6,13-16H2,1-5H3. The Morgan fingerprint density at radius 1 is 1.03 bits per heavy atom. The molecule has 1 aliphatic heterocycles. The number of esters is 2. The van der Waals surface area contributed by atoms with E-state index in [0.29, 0.717) is 24.8 Å². The third-order valence-corrected chi connectivity index (χ3v) is 6.40. The summed E-state index contributed by atoms with van der Waals surface area (Å²) in [6, 6.07) is 8.77. The Morgan fingerprint density at radius 3 is 2.20 bits per heavy atom. The molecule has 7 heteroatoms. The largest absolute Gasteiger partial charge is 0.490 e. The molecule has 0 radical (unpaired) electrons. The van der Waals surface area contributed by atoms with Gasteiger partial charge in [0.25, 0.3) is 0 Å². The SMILES string of the molecule is CCOC(=O)C1(COC(=O)c2ccccc2)CC=C(B2OC(C)(C)C(C)(C)O2)CC1. The Bertz CT molecular complexity index is 800. The van der Waals surface area contributed by atoms with Gasteiger partial charge in [-0.3, -0.25) is 4.79 Å². The van der Waals surface area contributed by atoms with Crippen LogP contribution in [0.15, 0.2) is 41.9 Å². The maximum Gasteiger partial charge on any atom is 0.490 e. The molecule has 3 rings (SSSR count). The summed E-state index contributed by atoms with van der Waals surface area (Å²) in [4.78, 5) is 25.2. The lowest BCUT2D eigenvalue weighted by Crippen LogP contribution is -2.41. The molecule has 0 bridgehead atoms. The lowest BCUT2D eigenvalue weighted by Gasteiger charge is -2.34. The molecule has 0 spiro atoms. The first kappa shape index (κ1) is 22.6. The molecule has 1 aromatic carbocycles. The minimum Gasteiger partial charge on any atom is -0.465 e. The van der Waals surface area contributed by atoms with Crippen molar-refractivity contribution in [1.82, 2.24) is 0 Å². The zero-order valence-corrected chi connectivity index (χ0v) is 18.5. The van der Waals surface area contributed by atoms with Gasteiger partial charge < -0.3 is 18.8 Å². The topological polar surface area (TPSA) is 71.1 Å². The fourth-order valence-corrected chi connectivity index (χ4v) is 3.64. The average molecular weight is 414 g/mol. The smallest absolute Gasteiger partial charge is 0.465 e. The van der Waals surface area contributed by atoms with Crippen LogP contribution in [0.1, 0.15) is 64.2 Å². The molecule has 0 saturated carbocycles. The highest BCUT2D eigenvalue weighted by molar-refractivity contribution is 6.54. The second-order valence-corrected chi connectivity index (χ2v) is 9.01. The molecular formula is C23H31BO6. The van der Waals surface area contributed by atoms with E-state index in [0.717, 1.165) is 5.47 Å². The van der Waals surface area contributed by atoms with E-state index in [1.807, 2.05) is 39.8 Å². The van der Waals surface area contributed by atoms with Gasteiger partial charge in [-0.1, -0.05) is 24.3 Å². The van der Waals surface area contributed by atoms with E-state index in [9.17, 15) is 9.59 Å². The van der Waals surface area contributed by atoms with E-state index >= 15 is 0 Å². The number of ether oxygens (including phenoxy) is 2. The predicted octanol–water partition coefficient (Wildman–Crippen LogP) is 4.13. The molecule has 6 nitrogen and oxygen atoms in total. The van der Waals surface area contributed by atoms with Crippen molar-refractivity contribution >= 4 is 19.1 Å². The van der Waals surface area contributed by atoms with Gasteiger partial charge in [-0.15, -0.1) is 0 Å². The highest BCUT2D eigenvalue weighted by atomic mass is 16.7. The summed E-state index contributed by atoms with van der Waals surface area (Å²) in [5.41, 5.74) is -0.254. The van der Waals surface area contributed by atoms with E-state index in [-0.39, 0.29) is 19.2 Å². The molecule has 0 aromatic heterocycles. The Hall–Kier alpha value is -2.12. The van der Waals surface area contributed by atoms with Crippen molar-refractivity contribution < 1.29 is 28.4 Å². The quantitative estimate of drug-likeness (QED) is 0.515. The zero-order chi connectivity index (χ0) is 22.0. The van der Waals surface area contributed by atoms with Crippen molar-refractivity contribution in [2.75, 3.05) is 13.2 Å². The van der Waals surface area contributed by atoms with Crippen LogP contribution in [0.3, 0.4) is 0 Å². The summed E-state index contributed by atoms with van der Waals surface area (Å²) in [6.07, 6.45) is 3.51. The number of hydrogen-bond acceptors (Lipinski definition) is 6. The lowest BCUT2D eigenvalue weighted by molar-refractivity contribution is -0.158. The molecule has 1 unspecified atom stereocenters. The molecular weight excluding hydrogens is 383 g/mol. The van der Waals surface area contributed by atoms with Gasteiger partial charge in [0.2, 0.25) is 0 Å². The molecule has 1 saturated heterocycles. The van der Waals surface area contributed by atoms with Gasteiger partial charge in [0.15, 0.2) is 0 Å². The molecule has 1 heterocycles. The summed E-state index contributed by atoms with van der Waals surface area (Å²) >= 11 is 0. The van der Waals surface area contributed by atoms with Crippen LogP contribution in [0.25, 0.3) is 0 Å². The first-order chi connectivity index (χ1) is 14.1. The Kier molecular flexibility index (Phi) is 6.44. The minimum absolute atomic E-state index is 0.0211. The second kappa shape index (κ2) is 8.56. The number of allylic oxidation sites excluding steroid dienone is 2. The minimum atomic E-state index is -0.895. The van der Waals surface area contributed by atoms with Crippen molar-refractivity contribution in [3.8, 4) is 0 Å². The van der Waals surface area contributed by atoms with Crippen LogP contribution in [0.5, 0.6) is 0 Å². The zero-order valence-electron chi connectivity index (χ0n) is 18.5. The van der Waals surface area contributed by atoms with E-state index in [1.54, 1.807) is 31.2 Å². The molecule has 1 aromatic rings. The highest BCUT2D eigenvalue weighted by Crippen LogP contribution is 2.43. The lowest BCUT2D eigenvalue weighted by atomic mass is 9.66. The molecule has 2 aliphatic rings. The fraction of sp³-hybridized carbons (Fsp3) is 0.565. The second-order valence-electron chi connectivity index (χ2n) is 9.01. The van der Waals surface area contributed by atoms with Crippen LogP contribution in [0.4, 0.5) is 0 Å². The Morgan fingerprint density at radius 2 is 1.67 bits per heavy atom. The van der Waals surface area contributed by atoms with Crippen molar-refractivity contribution in [1.29, 1.82) is 0 Å². The van der Waals surface area contributed by atoms with Gasteiger partial charge in [-0.25, -0.2) is 4.79 Å². The van der Waals surface area contributed by atoms with Gasteiger partial charge in [-0.2, -0.15) is 0 Å². The van der Waals surface area contributed by atoms with Crippen molar-refractivity contribution in [2.45, 2.75) is 65.1 Å². The number of hydrogen-bond donors (Lipinski definition) is 0. The van der Waals surface area contributed by atoms with Crippen LogP contribution in [0, 0.1) is 5.41 Å². The van der Waals surface area contributed by atoms with Crippen LogP contribution in [-0.2, 0) is 23.6 Å². The first-order valence-corrected chi connectivity index (χ1v) is 10.5. The maximum atomic E-state index is 12.8.